The quantitative estimate of drug-likeness (QED) is 0.114. The summed E-state index contributed by atoms with van der Waals surface area (Å²) in [7, 11) is 0. The van der Waals surface area contributed by atoms with Crippen molar-refractivity contribution in [3.05, 3.63) is 29.8 Å². The molecule has 0 amide bonds. The van der Waals surface area contributed by atoms with Crippen LogP contribution in [0.1, 0.15) is 101 Å². The number of aliphatic hydroxyl groups is 2. The van der Waals surface area contributed by atoms with Gasteiger partial charge in [0.25, 0.3) is 0 Å². The largest absolute Gasteiger partial charge is 0.494 e. The van der Waals surface area contributed by atoms with E-state index in [1.54, 1.807) is 12.1 Å². The summed E-state index contributed by atoms with van der Waals surface area (Å²) < 4.78 is 11.2. The number of rotatable bonds is 26. The van der Waals surface area contributed by atoms with E-state index in [0.29, 0.717) is 25.3 Å². The van der Waals surface area contributed by atoms with E-state index in [-0.39, 0.29) is 19.2 Å². The molecular formula is C30H54N2O5. The van der Waals surface area contributed by atoms with Crippen LogP contribution >= 0.6 is 0 Å². The van der Waals surface area contributed by atoms with E-state index in [2.05, 4.69) is 17.1 Å². The fraction of sp³-hybridized carbons (Fsp3) is 0.767. The van der Waals surface area contributed by atoms with Gasteiger partial charge in [0.2, 0.25) is 0 Å². The summed E-state index contributed by atoms with van der Waals surface area (Å²) in [5, 5.41) is 21.2. The number of carbonyl (C=O) groups is 1. The van der Waals surface area contributed by atoms with Crippen molar-refractivity contribution in [1.82, 2.24) is 10.2 Å². The van der Waals surface area contributed by atoms with Crippen LogP contribution in [0.15, 0.2) is 24.3 Å². The number of carbonyl (C=O) groups excluding carboxylic acids is 1. The van der Waals surface area contributed by atoms with E-state index in [1.807, 2.05) is 12.1 Å². The van der Waals surface area contributed by atoms with E-state index in [4.69, 9.17) is 14.6 Å². The first-order valence-electron chi connectivity index (χ1n) is 14.8. The molecule has 0 radical (unpaired) electrons. The van der Waals surface area contributed by atoms with Gasteiger partial charge in [-0.3, -0.25) is 4.90 Å². The summed E-state index contributed by atoms with van der Waals surface area (Å²) in [6.07, 6.45) is 15.4. The Balaban J connectivity index is 2.03. The van der Waals surface area contributed by atoms with Gasteiger partial charge in [-0.05, 0) is 50.1 Å². The van der Waals surface area contributed by atoms with Gasteiger partial charge < -0.3 is 25.0 Å². The van der Waals surface area contributed by atoms with Crippen molar-refractivity contribution < 1.29 is 24.5 Å². The molecule has 0 saturated carbocycles. The highest BCUT2D eigenvalue weighted by Gasteiger charge is 2.07. The van der Waals surface area contributed by atoms with Gasteiger partial charge in [0.1, 0.15) is 5.75 Å². The van der Waals surface area contributed by atoms with E-state index in [0.717, 1.165) is 64.1 Å². The number of aliphatic hydroxyl groups excluding tert-OH is 2. The maximum Gasteiger partial charge on any atom is 0.338 e. The van der Waals surface area contributed by atoms with Crippen molar-refractivity contribution in [2.75, 3.05) is 59.2 Å². The Labute approximate surface area is 225 Å². The molecule has 3 N–H and O–H groups in total. The number of nitrogens with one attached hydrogen (secondary N) is 1. The number of hydrogen-bond acceptors (Lipinski definition) is 7. The predicted molar refractivity (Wildman–Crippen MR) is 151 cm³/mol. The standard InChI is InChI=1S/C30H54N2O5/c1-2-3-4-5-7-10-13-26-36-29-17-15-28(16-18-29)30(35)37-27-14-11-8-6-9-12-21-32(23-25-34)22-19-31-20-24-33/h15-18,31,33-34H,2-14,19-27H2,1H3. The maximum absolute atomic E-state index is 12.3. The first-order valence-corrected chi connectivity index (χ1v) is 14.8. The molecule has 1 aromatic carbocycles. The lowest BCUT2D eigenvalue weighted by atomic mass is 10.1. The number of nitrogens with zero attached hydrogens (tertiary/aromatic N) is 1. The van der Waals surface area contributed by atoms with Gasteiger partial charge in [0.15, 0.2) is 0 Å². The molecule has 37 heavy (non-hydrogen) atoms. The monoisotopic (exact) mass is 522 g/mol. The SMILES string of the molecule is CCCCCCCCCOc1ccc(C(=O)OCCCCCCCCN(CCO)CCNCCO)cc1. The molecule has 0 unspecified atom stereocenters. The van der Waals surface area contributed by atoms with E-state index >= 15 is 0 Å². The Bertz CT molecular complexity index is 641. The molecule has 0 fully saturated rings. The summed E-state index contributed by atoms with van der Waals surface area (Å²) in [6, 6.07) is 7.27. The molecule has 7 nitrogen and oxygen atoms in total. The smallest absolute Gasteiger partial charge is 0.338 e. The molecule has 0 atom stereocenters. The van der Waals surface area contributed by atoms with Crippen LogP contribution in [0.5, 0.6) is 5.75 Å². The lowest BCUT2D eigenvalue weighted by Gasteiger charge is -2.21. The summed E-state index contributed by atoms with van der Waals surface area (Å²) in [4.78, 5) is 14.5. The van der Waals surface area contributed by atoms with Gasteiger partial charge in [-0.1, -0.05) is 71.1 Å². The van der Waals surface area contributed by atoms with E-state index in [1.165, 1.54) is 51.4 Å². The van der Waals surface area contributed by atoms with Crippen LogP contribution in [0.3, 0.4) is 0 Å². The van der Waals surface area contributed by atoms with Gasteiger partial charge >= 0.3 is 5.97 Å². The van der Waals surface area contributed by atoms with Crippen LogP contribution in [0.4, 0.5) is 0 Å². The predicted octanol–water partition coefficient (Wildman–Crippen LogP) is 5.19. The molecule has 1 aromatic rings. The van der Waals surface area contributed by atoms with Crippen LogP contribution in [-0.4, -0.2) is 80.2 Å². The number of benzene rings is 1. The van der Waals surface area contributed by atoms with Crippen LogP contribution in [0, 0.1) is 0 Å². The zero-order valence-corrected chi connectivity index (χ0v) is 23.4. The first-order chi connectivity index (χ1) is 18.2. The average Bonchev–Trinajstić information content (AvgIpc) is 2.91. The second-order valence-electron chi connectivity index (χ2n) is 9.79. The normalized spacial score (nSPS) is 11.2. The zero-order chi connectivity index (χ0) is 26.8. The van der Waals surface area contributed by atoms with E-state index < -0.39 is 0 Å². The Kier molecular flexibility index (Phi) is 22.2. The van der Waals surface area contributed by atoms with Crippen LogP contribution in [0.25, 0.3) is 0 Å². The molecule has 0 aliphatic heterocycles. The van der Waals surface area contributed by atoms with Crippen LogP contribution < -0.4 is 10.1 Å². The third-order valence-corrected chi connectivity index (χ3v) is 6.52. The molecule has 0 saturated heterocycles. The van der Waals surface area contributed by atoms with Gasteiger partial charge in [0.05, 0.1) is 32.0 Å². The number of ether oxygens (including phenoxy) is 2. The Morgan fingerprint density at radius 2 is 1.35 bits per heavy atom. The third kappa shape index (κ3) is 19.1. The van der Waals surface area contributed by atoms with Crippen molar-refractivity contribution in [3.8, 4) is 5.75 Å². The lowest BCUT2D eigenvalue weighted by Crippen LogP contribution is -2.35. The Morgan fingerprint density at radius 1 is 0.730 bits per heavy atom. The molecule has 0 bridgehead atoms. The zero-order valence-electron chi connectivity index (χ0n) is 23.4. The van der Waals surface area contributed by atoms with Crippen molar-refractivity contribution in [3.63, 3.8) is 0 Å². The summed E-state index contributed by atoms with van der Waals surface area (Å²) >= 11 is 0. The maximum atomic E-state index is 12.3. The third-order valence-electron chi connectivity index (χ3n) is 6.52. The Morgan fingerprint density at radius 3 is 2.00 bits per heavy atom. The van der Waals surface area contributed by atoms with Gasteiger partial charge in [-0.2, -0.15) is 0 Å². The van der Waals surface area contributed by atoms with Gasteiger partial charge in [-0.15, -0.1) is 0 Å². The van der Waals surface area contributed by atoms with Gasteiger partial charge in [0, 0.05) is 26.2 Å². The van der Waals surface area contributed by atoms with Crippen molar-refractivity contribution in [2.24, 2.45) is 0 Å². The van der Waals surface area contributed by atoms with Crippen LogP contribution in [-0.2, 0) is 4.74 Å². The minimum atomic E-state index is -0.268. The highest BCUT2D eigenvalue weighted by atomic mass is 16.5. The topological polar surface area (TPSA) is 91.3 Å². The fourth-order valence-electron chi connectivity index (χ4n) is 4.25. The second-order valence-corrected chi connectivity index (χ2v) is 9.79. The highest BCUT2D eigenvalue weighted by Crippen LogP contribution is 2.15. The van der Waals surface area contributed by atoms with Gasteiger partial charge in [-0.25, -0.2) is 4.79 Å². The molecular weight excluding hydrogens is 468 g/mol. The fourth-order valence-corrected chi connectivity index (χ4v) is 4.25. The Hall–Kier alpha value is -1.67. The summed E-state index contributed by atoms with van der Waals surface area (Å²) in [5.41, 5.74) is 0.572. The first kappa shape index (κ1) is 33.4. The summed E-state index contributed by atoms with van der Waals surface area (Å²) in [5.74, 6) is 0.538. The molecule has 214 valence electrons. The number of hydrogen-bond donors (Lipinski definition) is 3. The lowest BCUT2D eigenvalue weighted by molar-refractivity contribution is 0.0497. The summed E-state index contributed by atoms with van der Waals surface area (Å²) in [6.45, 7) is 7.77. The minimum Gasteiger partial charge on any atom is -0.494 e. The van der Waals surface area contributed by atoms with Crippen molar-refractivity contribution >= 4 is 5.97 Å². The highest BCUT2D eigenvalue weighted by molar-refractivity contribution is 5.89. The number of esters is 1. The second kappa shape index (κ2) is 24.7. The van der Waals surface area contributed by atoms with E-state index in [9.17, 15) is 9.90 Å². The van der Waals surface area contributed by atoms with Crippen LogP contribution in [0.2, 0.25) is 0 Å². The minimum absolute atomic E-state index is 0.154. The molecule has 0 aliphatic rings. The molecule has 7 heteroatoms. The molecule has 0 aromatic heterocycles. The molecule has 0 aliphatic carbocycles. The number of unbranched alkanes of at least 4 members (excludes halogenated alkanes) is 11. The average molecular weight is 523 g/mol. The molecule has 0 heterocycles. The van der Waals surface area contributed by atoms with Crippen molar-refractivity contribution in [2.45, 2.75) is 90.4 Å². The van der Waals surface area contributed by atoms with Crippen molar-refractivity contribution in [1.29, 1.82) is 0 Å². The molecule has 1 rings (SSSR count). The molecule has 0 spiro atoms.